The van der Waals surface area contributed by atoms with E-state index in [4.69, 9.17) is 10.8 Å². The van der Waals surface area contributed by atoms with Crippen LogP contribution in [-0.4, -0.2) is 40.9 Å². The Hall–Kier alpha value is -1.00. The first kappa shape index (κ1) is 11.1. The van der Waals surface area contributed by atoms with E-state index in [0.717, 1.165) is 6.54 Å². The zero-order chi connectivity index (χ0) is 10.7. The molecule has 0 aromatic rings. The van der Waals surface area contributed by atoms with E-state index in [2.05, 4.69) is 0 Å². The molecule has 1 rings (SSSR count). The second-order valence-electron chi connectivity index (χ2n) is 3.39. The summed E-state index contributed by atoms with van der Waals surface area (Å²) in [6.07, 6.45) is 1.87. The Morgan fingerprint density at radius 2 is 2.21 bits per heavy atom. The molecule has 0 aliphatic carbocycles. The van der Waals surface area contributed by atoms with Crippen molar-refractivity contribution in [3.8, 4) is 0 Å². The molecule has 0 fully saturated rings. The predicted molar refractivity (Wildman–Crippen MR) is 55.7 cm³/mol. The van der Waals surface area contributed by atoms with E-state index < -0.39 is 0 Å². The lowest BCUT2D eigenvalue weighted by Gasteiger charge is -2.32. The Bertz CT molecular complexity index is 271. The standard InChI is InChI=1S/C10H18N2O2/c1-3-12-5-8(6-13)9(4-11)10(14)7(12)2/h5,7,13-14H,3-4,6,11H2,1-2H3. The molecule has 1 aliphatic heterocycles. The lowest BCUT2D eigenvalue weighted by Crippen LogP contribution is -2.35. The zero-order valence-electron chi connectivity index (χ0n) is 8.70. The molecule has 4 N–H and O–H groups in total. The molecule has 1 atom stereocenters. The minimum absolute atomic E-state index is 0.0474. The molecule has 0 aromatic carbocycles. The van der Waals surface area contributed by atoms with Crippen molar-refractivity contribution in [2.75, 3.05) is 19.7 Å². The van der Waals surface area contributed by atoms with Crippen LogP contribution in [0.2, 0.25) is 0 Å². The van der Waals surface area contributed by atoms with Gasteiger partial charge in [0.1, 0.15) is 5.76 Å². The minimum atomic E-state index is -0.0835. The molecule has 4 heteroatoms. The van der Waals surface area contributed by atoms with Crippen LogP contribution >= 0.6 is 0 Å². The van der Waals surface area contributed by atoms with Gasteiger partial charge in [-0.2, -0.15) is 0 Å². The number of aliphatic hydroxyl groups excluding tert-OH is 2. The first-order valence-corrected chi connectivity index (χ1v) is 4.85. The Kier molecular flexibility index (Phi) is 3.55. The van der Waals surface area contributed by atoms with E-state index in [1.54, 1.807) is 0 Å². The summed E-state index contributed by atoms with van der Waals surface area (Å²) < 4.78 is 0. The molecule has 1 heterocycles. The van der Waals surface area contributed by atoms with E-state index in [1.807, 2.05) is 24.9 Å². The predicted octanol–water partition coefficient (Wildman–Crippen LogP) is 0.357. The third-order valence-corrected chi connectivity index (χ3v) is 2.65. The number of rotatable bonds is 3. The Balaban J connectivity index is 3.03. The highest BCUT2D eigenvalue weighted by atomic mass is 16.3. The average Bonchev–Trinajstić information content (AvgIpc) is 2.21. The van der Waals surface area contributed by atoms with Gasteiger partial charge in [-0.15, -0.1) is 0 Å². The van der Waals surface area contributed by atoms with Crippen molar-refractivity contribution >= 4 is 0 Å². The van der Waals surface area contributed by atoms with E-state index >= 15 is 0 Å². The SMILES string of the molecule is CCN1C=C(CO)C(CN)=C(O)C1C. The number of aliphatic hydroxyl groups is 2. The van der Waals surface area contributed by atoms with Crippen LogP contribution in [0, 0.1) is 0 Å². The molecular formula is C10H18N2O2. The Morgan fingerprint density at radius 3 is 2.64 bits per heavy atom. The molecule has 0 saturated heterocycles. The van der Waals surface area contributed by atoms with Crippen LogP contribution in [0.4, 0.5) is 0 Å². The number of nitrogens with two attached hydrogens (primary N) is 1. The molecule has 1 aliphatic rings. The van der Waals surface area contributed by atoms with Crippen LogP contribution in [0.1, 0.15) is 13.8 Å². The van der Waals surface area contributed by atoms with Crippen molar-refractivity contribution in [1.82, 2.24) is 4.90 Å². The van der Waals surface area contributed by atoms with Crippen LogP contribution < -0.4 is 5.73 Å². The summed E-state index contributed by atoms with van der Waals surface area (Å²) in [5, 5.41) is 19.0. The average molecular weight is 198 g/mol. The number of hydrogen-bond donors (Lipinski definition) is 3. The van der Waals surface area contributed by atoms with Gasteiger partial charge in [-0.25, -0.2) is 0 Å². The van der Waals surface area contributed by atoms with Gasteiger partial charge in [-0.05, 0) is 13.8 Å². The van der Waals surface area contributed by atoms with Crippen molar-refractivity contribution in [1.29, 1.82) is 0 Å². The number of likely N-dealkylation sites (N-methyl/N-ethyl adjacent to an activating group) is 1. The summed E-state index contributed by atoms with van der Waals surface area (Å²) in [7, 11) is 0. The van der Waals surface area contributed by atoms with E-state index in [0.29, 0.717) is 11.1 Å². The number of nitrogens with zero attached hydrogens (tertiary/aromatic N) is 1. The van der Waals surface area contributed by atoms with Gasteiger partial charge in [0.25, 0.3) is 0 Å². The van der Waals surface area contributed by atoms with Crippen molar-refractivity contribution < 1.29 is 10.2 Å². The third kappa shape index (κ3) is 1.76. The highest BCUT2D eigenvalue weighted by Gasteiger charge is 2.24. The second kappa shape index (κ2) is 4.48. The summed E-state index contributed by atoms with van der Waals surface area (Å²) in [5.41, 5.74) is 6.90. The topological polar surface area (TPSA) is 69.7 Å². The fourth-order valence-electron chi connectivity index (χ4n) is 1.70. The lowest BCUT2D eigenvalue weighted by molar-refractivity contribution is 0.233. The molecule has 0 saturated carbocycles. The van der Waals surface area contributed by atoms with E-state index in [1.165, 1.54) is 0 Å². The van der Waals surface area contributed by atoms with Crippen LogP contribution in [0.5, 0.6) is 0 Å². The molecule has 0 spiro atoms. The smallest absolute Gasteiger partial charge is 0.119 e. The monoisotopic (exact) mass is 198 g/mol. The fourth-order valence-corrected chi connectivity index (χ4v) is 1.70. The zero-order valence-corrected chi connectivity index (χ0v) is 8.70. The van der Waals surface area contributed by atoms with Gasteiger partial charge in [0.2, 0.25) is 0 Å². The van der Waals surface area contributed by atoms with Crippen molar-refractivity contribution in [3.63, 3.8) is 0 Å². The molecular weight excluding hydrogens is 180 g/mol. The highest BCUT2D eigenvalue weighted by Crippen LogP contribution is 2.24. The molecule has 14 heavy (non-hydrogen) atoms. The van der Waals surface area contributed by atoms with E-state index in [9.17, 15) is 5.11 Å². The number of hydrogen-bond acceptors (Lipinski definition) is 4. The van der Waals surface area contributed by atoms with Crippen LogP contribution in [-0.2, 0) is 0 Å². The maximum absolute atomic E-state index is 9.85. The maximum atomic E-state index is 9.85. The largest absolute Gasteiger partial charge is 0.510 e. The summed E-state index contributed by atoms with van der Waals surface area (Å²) in [4.78, 5) is 1.97. The van der Waals surface area contributed by atoms with E-state index in [-0.39, 0.29) is 25.0 Å². The fraction of sp³-hybridized carbons (Fsp3) is 0.600. The Labute approximate surface area is 84.3 Å². The second-order valence-corrected chi connectivity index (χ2v) is 3.39. The van der Waals surface area contributed by atoms with Gasteiger partial charge >= 0.3 is 0 Å². The summed E-state index contributed by atoms with van der Waals surface area (Å²) in [6, 6.07) is -0.0474. The van der Waals surface area contributed by atoms with Crippen molar-refractivity contribution in [2.45, 2.75) is 19.9 Å². The maximum Gasteiger partial charge on any atom is 0.119 e. The molecule has 0 bridgehead atoms. The normalized spacial score (nSPS) is 22.7. The van der Waals surface area contributed by atoms with Crippen LogP contribution in [0.15, 0.2) is 23.1 Å². The molecule has 0 amide bonds. The lowest BCUT2D eigenvalue weighted by atomic mass is 9.99. The molecule has 0 radical (unpaired) electrons. The van der Waals surface area contributed by atoms with Crippen molar-refractivity contribution in [3.05, 3.63) is 23.1 Å². The molecule has 80 valence electrons. The Morgan fingerprint density at radius 1 is 1.57 bits per heavy atom. The van der Waals surface area contributed by atoms with Gasteiger partial charge in [0.15, 0.2) is 0 Å². The van der Waals surface area contributed by atoms with Gasteiger partial charge in [0, 0.05) is 30.4 Å². The van der Waals surface area contributed by atoms with Gasteiger partial charge in [0.05, 0.1) is 12.6 Å². The molecule has 1 unspecified atom stereocenters. The molecule has 4 nitrogen and oxygen atoms in total. The summed E-state index contributed by atoms with van der Waals surface area (Å²) in [5.74, 6) is 0.279. The first-order chi connectivity index (χ1) is 6.65. The first-order valence-electron chi connectivity index (χ1n) is 4.85. The van der Waals surface area contributed by atoms with Gasteiger partial charge in [-0.3, -0.25) is 0 Å². The van der Waals surface area contributed by atoms with Gasteiger partial charge in [-0.1, -0.05) is 0 Å². The quantitative estimate of drug-likeness (QED) is 0.612. The van der Waals surface area contributed by atoms with Crippen LogP contribution in [0.25, 0.3) is 0 Å². The van der Waals surface area contributed by atoms with Crippen molar-refractivity contribution in [2.24, 2.45) is 5.73 Å². The molecule has 0 aromatic heterocycles. The summed E-state index contributed by atoms with van der Waals surface area (Å²) >= 11 is 0. The van der Waals surface area contributed by atoms with Crippen LogP contribution in [0.3, 0.4) is 0 Å². The third-order valence-electron chi connectivity index (χ3n) is 2.65. The summed E-state index contributed by atoms with van der Waals surface area (Å²) in [6.45, 7) is 4.90. The minimum Gasteiger partial charge on any atom is -0.510 e. The highest BCUT2D eigenvalue weighted by molar-refractivity contribution is 5.39. The van der Waals surface area contributed by atoms with Gasteiger partial charge < -0.3 is 20.8 Å².